The second-order valence-electron chi connectivity index (χ2n) is 5.55. The first kappa shape index (κ1) is 14.4. The summed E-state index contributed by atoms with van der Waals surface area (Å²) in [6.45, 7) is 2.16. The van der Waals surface area contributed by atoms with Crippen LogP contribution in [0.2, 0.25) is 0 Å². The minimum absolute atomic E-state index is 0.0191. The fraction of sp³-hybridized carbons (Fsp3) is 0.375. The molecule has 1 aromatic rings. The van der Waals surface area contributed by atoms with E-state index in [4.69, 9.17) is 0 Å². The van der Waals surface area contributed by atoms with E-state index in [1.807, 2.05) is 12.1 Å². The third kappa shape index (κ3) is 2.64. The number of hydrogen-bond acceptors (Lipinski definition) is 4. The van der Waals surface area contributed by atoms with Crippen molar-refractivity contribution in [1.82, 2.24) is 5.43 Å². The standard InChI is InChI=1S/C16H17N3O3/c1-10(20)11-4-6-14-12(9-11)3-2-8-19(14)16(22)13-5-7-15(21)18-17-13/h4,6,9H,2-3,5,7-8H2,1H3,(H,18,21). The van der Waals surface area contributed by atoms with Gasteiger partial charge < -0.3 is 4.90 Å². The van der Waals surface area contributed by atoms with Gasteiger partial charge in [0.1, 0.15) is 5.71 Å². The molecule has 0 bridgehead atoms. The topological polar surface area (TPSA) is 78.8 Å². The number of ketones is 1. The van der Waals surface area contributed by atoms with E-state index in [0.29, 0.717) is 24.2 Å². The third-order valence-corrected chi connectivity index (χ3v) is 4.00. The molecule has 6 heteroatoms. The first-order chi connectivity index (χ1) is 10.6. The Morgan fingerprint density at radius 1 is 1.23 bits per heavy atom. The summed E-state index contributed by atoms with van der Waals surface area (Å²) in [5.74, 6) is -0.316. The van der Waals surface area contributed by atoms with Gasteiger partial charge in [-0.05, 0) is 43.5 Å². The number of nitrogens with zero attached hydrogens (tertiary/aromatic N) is 2. The van der Waals surface area contributed by atoms with Crippen molar-refractivity contribution in [2.75, 3.05) is 11.4 Å². The fourth-order valence-electron chi connectivity index (χ4n) is 2.81. The highest BCUT2D eigenvalue weighted by atomic mass is 16.2. The Labute approximate surface area is 128 Å². The highest BCUT2D eigenvalue weighted by Crippen LogP contribution is 2.29. The predicted molar refractivity (Wildman–Crippen MR) is 81.9 cm³/mol. The zero-order valence-corrected chi connectivity index (χ0v) is 12.4. The van der Waals surface area contributed by atoms with Gasteiger partial charge in [0.25, 0.3) is 5.91 Å². The molecule has 0 radical (unpaired) electrons. The molecule has 0 fully saturated rings. The van der Waals surface area contributed by atoms with Crippen LogP contribution in [-0.4, -0.2) is 29.9 Å². The molecule has 0 saturated heterocycles. The molecule has 0 atom stereocenters. The summed E-state index contributed by atoms with van der Waals surface area (Å²) < 4.78 is 0. The molecule has 114 valence electrons. The van der Waals surface area contributed by atoms with Gasteiger partial charge in [-0.3, -0.25) is 14.4 Å². The molecule has 2 heterocycles. The lowest BCUT2D eigenvalue weighted by atomic mass is 9.97. The van der Waals surface area contributed by atoms with E-state index in [0.717, 1.165) is 24.1 Å². The molecule has 0 spiro atoms. The van der Waals surface area contributed by atoms with Crippen LogP contribution in [0.3, 0.4) is 0 Å². The van der Waals surface area contributed by atoms with Crippen molar-refractivity contribution in [3.63, 3.8) is 0 Å². The summed E-state index contributed by atoms with van der Waals surface area (Å²) >= 11 is 0. The van der Waals surface area contributed by atoms with Gasteiger partial charge in [-0.2, -0.15) is 5.10 Å². The van der Waals surface area contributed by atoms with Crippen molar-refractivity contribution in [2.45, 2.75) is 32.6 Å². The van der Waals surface area contributed by atoms with Gasteiger partial charge in [-0.1, -0.05) is 0 Å². The van der Waals surface area contributed by atoms with E-state index in [1.54, 1.807) is 11.0 Å². The number of aryl methyl sites for hydroxylation is 1. The lowest BCUT2D eigenvalue weighted by Crippen LogP contribution is -2.42. The molecule has 0 aromatic heterocycles. The molecule has 0 saturated carbocycles. The Morgan fingerprint density at radius 2 is 2.05 bits per heavy atom. The first-order valence-electron chi connectivity index (χ1n) is 7.37. The van der Waals surface area contributed by atoms with E-state index in [1.165, 1.54) is 6.92 Å². The number of carbonyl (C=O) groups is 3. The van der Waals surface area contributed by atoms with E-state index < -0.39 is 0 Å². The van der Waals surface area contributed by atoms with Crippen LogP contribution in [0.25, 0.3) is 0 Å². The summed E-state index contributed by atoms with van der Waals surface area (Å²) in [5, 5.41) is 3.88. The molecule has 0 aliphatic carbocycles. The average molecular weight is 299 g/mol. The van der Waals surface area contributed by atoms with Crippen LogP contribution in [-0.2, 0) is 16.0 Å². The Hall–Kier alpha value is -2.50. The minimum Gasteiger partial charge on any atom is -0.307 e. The number of carbonyl (C=O) groups excluding carboxylic acids is 3. The van der Waals surface area contributed by atoms with Crippen LogP contribution in [0, 0.1) is 0 Å². The number of amides is 2. The Balaban J connectivity index is 1.90. The van der Waals surface area contributed by atoms with E-state index >= 15 is 0 Å². The van der Waals surface area contributed by atoms with Crippen LogP contribution >= 0.6 is 0 Å². The molecule has 22 heavy (non-hydrogen) atoms. The second kappa shape index (κ2) is 5.71. The normalized spacial score (nSPS) is 17.4. The smallest absolute Gasteiger partial charge is 0.274 e. The van der Waals surface area contributed by atoms with Crippen LogP contribution in [0.5, 0.6) is 0 Å². The largest absolute Gasteiger partial charge is 0.307 e. The molecular weight excluding hydrogens is 282 g/mol. The van der Waals surface area contributed by atoms with Crippen LogP contribution in [0.4, 0.5) is 5.69 Å². The summed E-state index contributed by atoms with van der Waals surface area (Å²) in [5.41, 5.74) is 5.24. The molecule has 1 N–H and O–H groups in total. The summed E-state index contributed by atoms with van der Waals surface area (Å²) in [4.78, 5) is 36.9. The zero-order valence-electron chi connectivity index (χ0n) is 12.4. The van der Waals surface area contributed by atoms with Crippen molar-refractivity contribution in [2.24, 2.45) is 5.10 Å². The number of Topliss-reactive ketones (excluding diaryl/α,β-unsaturated/α-hetero) is 1. The predicted octanol–water partition coefficient (Wildman–Crippen LogP) is 1.43. The van der Waals surface area contributed by atoms with Gasteiger partial charge in [0.05, 0.1) is 0 Å². The number of hydrogen-bond donors (Lipinski definition) is 1. The highest BCUT2D eigenvalue weighted by molar-refractivity contribution is 6.44. The molecule has 6 nitrogen and oxygen atoms in total. The number of benzene rings is 1. The molecule has 3 rings (SSSR count). The molecule has 2 amide bonds. The number of nitrogens with one attached hydrogen (secondary N) is 1. The lowest BCUT2D eigenvalue weighted by molar-refractivity contribution is -0.121. The van der Waals surface area contributed by atoms with Crippen LogP contribution in [0.15, 0.2) is 23.3 Å². The number of anilines is 1. The van der Waals surface area contributed by atoms with Crippen molar-refractivity contribution < 1.29 is 14.4 Å². The van der Waals surface area contributed by atoms with E-state index in [9.17, 15) is 14.4 Å². The maximum Gasteiger partial charge on any atom is 0.274 e. The fourth-order valence-corrected chi connectivity index (χ4v) is 2.81. The second-order valence-corrected chi connectivity index (χ2v) is 5.55. The maximum absolute atomic E-state index is 12.6. The Kier molecular flexibility index (Phi) is 3.75. The summed E-state index contributed by atoms with van der Waals surface area (Å²) in [7, 11) is 0. The Morgan fingerprint density at radius 3 is 2.73 bits per heavy atom. The quantitative estimate of drug-likeness (QED) is 0.839. The SMILES string of the molecule is CC(=O)c1ccc2c(c1)CCCN2C(=O)C1=NNC(=O)CC1. The molecular formula is C16H17N3O3. The minimum atomic E-state index is -0.170. The van der Waals surface area contributed by atoms with Crippen molar-refractivity contribution in [3.05, 3.63) is 29.3 Å². The van der Waals surface area contributed by atoms with Crippen LogP contribution < -0.4 is 10.3 Å². The number of hydrazone groups is 1. The average Bonchev–Trinajstić information content (AvgIpc) is 2.53. The van der Waals surface area contributed by atoms with Gasteiger partial charge >= 0.3 is 0 Å². The zero-order chi connectivity index (χ0) is 15.7. The summed E-state index contributed by atoms with van der Waals surface area (Å²) in [6.07, 6.45) is 2.35. The van der Waals surface area contributed by atoms with Crippen molar-refractivity contribution >= 4 is 29.0 Å². The first-order valence-corrected chi connectivity index (χ1v) is 7.37. The summed E-state index contributed by atoms with van der Waals surface area (Å²) in [6, 6.07) is 5.43. The van der Waals surface area contributed by atoms with Crippen molar-refractivity contribution in [1.29, 1.82) is 0 Å². The van der Waals surface area contributed by atoms with Gasteiger partial charge in [-0.15, -0.1) is 0 Å². The number of rotatable bonds is 2. The van der Waals surface area contributed by atoms with E-state index in [2.05, 4.69) is 10.5 Å². The van der Waals surface area contributed by atoms with Crippen LogP contribution in [0.1, 0.15) is 42.1 Å². The monoisotopic (exact) mass is 299 g/mol. The number of fused-ring (bicyclic) bond motifs is 1. The Bertz CT molecular complexity index is 694. The lowest BCUT2D eigenvalue weighted by Gasteiger charge is -2.30. The molecule has 2 aliphatic heterocycles. The van der Waals surface area contributed by atoms with Gasteiger partial charge in [0.2, 0.25) is 5.91 Å². The van der Waals surface area contributed by atoms with Gasteiger partial charge in [0, 0.05) is 30.6 Å². The highest BCUT2D eigenvalue weighted by Gasteiger charge is 2.28. The van der Waals surface area contributed by atoms with Gasteiger partial charge in [0.15, 0.2) is 5.78 Å². The van der Waals surface area contributed by atoms with Gasteiger partial charge in [-0.25, -0.2) is 5.43 Å². The third-order valence-electron chi connectivity index (χ3n) is 4.00. The maximum atomic E-state index is 12.6. The van der Waals surface area contributed by atoms with E-state index in [-0.39, 0.29) is 24.0 Å². The molecule has 2 aliphatic rings. The van der Waals surface area contributed by atoms with Crippen molar-refractivity contribution in [3.8, 4) is 0 Å². The molecule has 1 aromatic carbocycles. The molecule has 0 unspecified atom stereocenters.